The summed E-state index contributed by atoms with van der Waals surface area (Å²) in [6.07, 6.45) is 1.57. The Morgan fingerprint density at radius 3 is 2.53 bits per heavy atom. The second-order valence-corrected chi connectivity index (χ2v) is 4.87. The van der Waals surface area contributed by atoms with E-state index in [1.54, 1.807) is 18.5 Å². The highest BCUT2D eigenvalue weighted by atomic mass is 19.1. The molecule has 0 aliphatic rings. The van der Waals surface area contributed by atoms with Crippen LogP contribution in [0.25, 0.3) is 0 Å². The summed E-state index contributed by atoms with van der Waals surface area (Å²) in [5.74, 6) is 0.694. The highest BCUT2D eigenvalue weighted by molar-refractivity contribution is 5.19. The lowest BCUT2D eigenvalue weighted by molar-refractivity contribution is 0.473. The molecule has 5 heteroatoms. The first-order valence-electron chi connectivity index (χ1n) is 6.45. The number of nitrogens with zero attached hydrogens (tertiary/aromatic N) is 3. The molecule has 0 fully saturated rings. The van der Waals surface area contributed by atoms with Crippen molar-refractivity contribution < 1.29 is 4.39 Å². The Kier molecular flexibility index (Phi) is 4.27. The van der Waals surface area contributed by atoms with Crippen molar-refractivity contribution in [1.82, 2.24) is 20.1 Å². The monoisotopic (exact) mass is 262 g/mol. The van der Waals surface area contributed by atoms with Gasteiger partial charge in [0.25, 0.3) is 0 Å². The summed E-state index contributed by atoms with van der Waals surface area (Å²) in [5, 5.41) is 7.56. The van der Waals surface area contributed by atoms with Crippen LogP contribution in [0.4, 0.5) is 4.39 Å². The molecule has 1 heterocycles. The van der Waals surface area contributed by atoms with Gasteiger partial charge in [-0.2, -0.15) is 5.10 Å². The smallest absolute Gasteiger partial charge is 0.141 e. The van der Waals surface area contributed by atoms with Crippen LogP contribution in [-0.4, -0.2) is 14.8 Å². The van der Waals surface area contributed by atoms with Gasteiger partial charge in [-0.1, -0.05) is 12.1 Å². The van der Waals surface area contributed by atoms with E-state index in [0.29, 0.717) is 12.6 Å². The van der Waals surface area contributed by atoms with Crippen LogP contribution in [-0.2, 0) is 6.54 Å². The fourth-order valence-corrected chi connectivity index (χ4v) is 1.95. The topological polar surface area (TPSA) is 42.7 Å². The van der Waals surface area contributed by atoms with Crippen LogP contribution < -0.4 is 5.32 Å². The van der Waals surface area contributed by atoms with Gasteiger partial charge < -0.3 is 5.32 Å². The van der Waals surface area contributed by atoms with Gasteiger partial charge in [0.05, 0.1) is 6.54 Å². The first kappa shape index (κ1) is 13.7. The van der Waals surface area contributed by atoms with E-state index < -0.39 is 0 Å². The molecule has 1 aromatic heterocycles. The average Bonchev–Trinajstić information content (AvgIpc) is 2.85. The van der Waals surface area contributed by atoms with Crippen molar-refractivity contribution in [2.45, 2.75) is 39.4 Å². The van der Waals surface area contributed by atoms with Crippen molar-refractivity contribution in [3.63, 3.8) is 0 Å². The maximum atomic E-state index is 12.9. The van der Waals surface area contributed by atoms with Crippen molar-refractivity contribution >= 4 is 0 Å². The number of halogens is 1. The van der Waals surface area contributed by atoms with Crippen LogP contribution in [0, 0.1) is 5.82 Å². The maximum Gasteiger partial charge on any atom is 0.141 e. The van der Waals surface area contributed by atoms with Crippen LogP contribution in [0.2, 0.25) is 0 Å². The molecular formula is C14H19FN4. The highest BCUT2D eigenvalue weighted by Crippen LogP contribution is 2.14. The van der Waals surface area contributed by atoms with E-state index in [-0.39, 0.29) is 11.9 Å². The van der Waals surface area contributed by atoms with Crippen molar-refractivity contribution in [2.75, 3.05) is 0 Å². The van der Waals surface area contributed by atoms with E-state index in [1.165, 1.54) is 12.1 Å². The summed E-state index contributed by atoms with van der Waals surface area (Å²) in [4.78, 5) is 4.25. The Balaban J connectivity index is 1.98. The standard InChI is InChI=1S/C14H19FN4/c1-10(2)19-14(17-9-18-19)8-16-11(3)12-4-6-13(15)7-5-12/h4-7,9-11,16H,8H2,1-3H3. The third-order valence-electron chi connectivity index (χ3n) is 3.07. The summed E-state index contributed by atoms with van der Waals surface area (Å²) >= 11 is 0. The lowest BCUT2D eigenvalue weighted by Crippen LogP contribution is -2.21. The predicted molar refractivity (Wildman–Crippen MR) is 72.1 cm³/mol. The lowest BCUT2D eigenvalue weighted by Gasteiger charge is -2.15. The summed E-state index contributed by atoms with van der Waals surface area (Å²) in [5.41, 5.74) is 1.05. The number of rotatable bonds is 5. The van der Waals surface area contributed by atoms with Crippen molar-refractivity contribution in [3.05, 3.63) is 47.8 Å². The molecule has 1 atom stereocenters. The molecule has 19 heavy (non-hydrogen) atoms. The Labute approximate surface area is 112 Å². The summed E-state index contributed by atoms with van der Waals surface area (Å²) in [7, 11) is 0. The zero-order valence-corrected chi connectivity index (χ0v) is 11.5. The van der Waals surface area contributed by atoms with E-state index >= 15 is 0 Å². The van der Waals surface area contributed by atoms with Gasteiger partial charge in [-0.3, -0.25) is 0 Å². The van der Waals surface area contributed by atoms with Crippen LogP contribution >= 0.6 is 0 Å². The number of aromatic nitrogens is 3. The molecule has 1 unspecified atom stereocenters. The number of nitrogens with one attached hydrogen (secondary N) is 1. The van der Waals surface area contributed by atoms with Gasteiger partial charge >= 0.3 is 0 Å². The average molecular weight is 262 g/mol. The third kappa shape index (κ3) is 3.38. The molecule has 2 aromatic rings. The minimum absolute atomic E-state index is 0.137. The minimum atomic E-state index is -0.212. The molecule has 4 nitrogen and oxygen atoms in total. The normalized spacial score (nSPS) is 12.9. The van der Waals surface area contributed by atoms with Gasteiger partial charge in [-0.05, 0) is 38.5 Å². The molecule has 0 spiro atoms. The third-order valence-corrected chi connectivity index (χ3v) is 3.07. The zero-order valence-electron chi connectivity index (χ0n) is 11.5. The summed E-state index contributed by atoms with van der Waals surface area (Å²) in [6.45, 7) is 6.82. The van der Waals surface area contributed by atoms with Crippen molar-refractivity contribution in [1.29, 1.82) is 0 Å². The molecule has 2 rings (SSSR count). The first-order valence-corrected chi connectivity index (χ1v) is 6.45. The molecule has 0 aliphatic heterocycles. The molecule has 1 aromatic carbocycles. The molecule has 0 saturated heterocycles. The molecule has 0 aliphatic carbocycles. The second kappa shape index (κ2) is 5.93. The Hall–Kier alpha value is -1.75. The highest BCUT2D eigenvalue weighted by Gasteiger charge is 2.10. The van der Waals surface area contributed by atoms with Gasteiger partial charge in [-0.25, -0.2) is 14.1 Å². The molecule has 0 saturated carbocycles. The molecule has 102 valence electrons. The van der Waals surface area contributed by atoms with E-state index in [9.17, 15) is 4.39 Å². The number of hydrogen-bond donors (Lipinski definition) is 1. The quantitative estimate of drug-likeness (QED) is 0.901. The molecule has 0 radical (unpaired) electrons. The Morgan fingerprint density at radius 2 is 1.89 bits per heavy atom. The number of benzene rings is 1. The largest absolute Gasteiger partial charge is 0.303 e. The summed E-state index contributed by atoms with van der Waals surface area (Å²) < 4.78 is 14.8. The molecule has 1 N–H and O–H groups in total. The molecule has 0 amide bonds. The van der Waals surface area contributed by atoms with Gasteiger partial charge in [0.15, 0.2) is 0 Å². The van der Waals surface area contributed by atoms with Crippen LogP contribution in [0.1, 0.15) is 44.2 Å². The second-order valence-electron chi connectivity index (χ2n) is 4.87. The fourth-order valence-electron chi connectivity index (χ4n) is 1.95. The van der Waals surface area contributed by atoms with Gasteiger partial charge in [0.1, 0.15) is 18.0 Å². The van der Waals surface area contributed by atoms with Gasteiger partial charge in [0, 0.05) is 12.1 Å². The van der Waals surface area contributed by atoms with Crippen molar-refractivity contribution in [3.8, 4) is 0 Å². The van der Waals surface area contributed by atoms with Crippen LogP contribution in [0.15, 0.2) is 30.6 Å². The minimum Gasteiger partial charge on any atom is -0.303 e. The predicted octanol–water partition coefficient (Wildman–Crippen LogP) is 2.85. The SMILES string of the molecule is CC(NCc1ncnn1C(C)C)c1ccc(F)cc1. The first-order chi connectivity index (χ1) is 9.08. The van der Waals surface area contributed by atoms with Gasteiger partial charge in [0.2, 0.25) is 0 Å². The lowest BCUT2D eigenvalue weighted by atomic mass is 10.1. The van der Waals surface area contributed by atoms with E-state index in [0.717, 1.165) is 11.4 Å². The van der Waals surface area contributed by atoms with Gasteiger partial charge in [-0.15, -0.1) is 0 Å². The number of hydrogen-bond acceptors (Lipinski definition) is 3. The van der Waals surface area contributed by atoms with Crippen LogP contribution in [0.5, 0.6) is 0 Å². The fraction of sp³-hybridized carbons (Fsp3) is 0.429. The van der Waals surface area contributed by atoms with Crippen molar-refractivity contribution in [2.24, 2.45) is 0 Å². The van der Waals surface area contributed by atoms with E-state index in [1.807, 2.05) is 11.6 Å². The molecular weight excluding hydrogens is 243 g/mol. The zero-order chi connectivity index (χ0) is 13.8. The molecule has 0 bridgehead atoms. The Bertz CT molecular complexity index is 518. The van der Waals surface area contributed by atoms with E-state index in [4.69, 9.17) is 0 Å². The Morgan fingerprint density at radius 1 is 1.21 bits per heavy atom. The summed E-state index contributed by atoms with van der Waals surface area (Å²) in [6, 6.07) is 6.97. The van der Waals surface area contributed by atoms with E-state index in [2.05, 4.69) is 29.2 Å². The maximum absolute atomic E-state index is 12.9. The van der Waals surface area contributed by atoms with Crippen LogP contribution in [0.3, 0.4) is 0 Å².